The lowest BCUT2D eigenvalue weighted by atomic mass is 10.0. The van der Waals surface area contributed by atoms with Crippen LogP contribution in [0.2, 0.25) is 0 Å². The van der Waals surface area contributed by atoms with Crippen LogP contribution in [0.25, 0.3) is 0 Å². The molecule has 0 saturated carbocycles. The summed E-state index contributed by atoms with van der Waals surface area (Å²) >= 11 is 0. The van der Waals surface area contributed by atoms with Crippen molar-refractivity contribution in [1.29, 1.82) is 0 Å². The van der Waals surface area contributed by atoms with Gasteiger partial charge in [-0.15, -0.1) is 0 Å². The maximum Gasteiger partial charge on any atom is 0.00101 e. The third-order valence-corrected chi connectivity index (χ3v) is 2.71. The van der Waals surface area contributed by atoms with Gasteiger partial charge in [0.2, 0.25) is 0 Å². The minimum absolute atomic E-state index is 1.08. The second kappa shape index (κ2) is 2.30. The van der Waals surface area contributed by atoms with E-state index in [1.165, 1.54) is 45.3 Å². The van der Waals surface area contributed by atoms with Gasteiger partial charge in [0, 0.05) is 6.54 Å². The Bertz CT molecular complexity index is 88.7. The molecule has 0 N–H and O–H groups in total. The van der Waals surface area contributed by atoms with Crippen molar-refractivity contribution in [3.05, 3.63) is 0 Å². The average molecular weight is 125 g/mol. The molecule has 2 saturated heterocycles. The Morgan fingerprint density at radius 2 is 2.00 bits per heavy atom. The van der Waals surface area contributed by atoms with Crippen LogP contribution in [0.4, 0.5) is 0 Å². The van der Waals surface area contributed by atoms with Crippen LogP contribution in [0.3, 0.4) is 0 Å². The third kappa shape index (κ3) is 1.11. The fraction of sp³-hybridized carbons (Fsp3) is 1.00. The van der Waals surface area contributed by atoms with Crippen LogP contribution in [0.1, 0.15) is 25.7 Å². The molecule has 0 amide bonds. The molecule has 0 aromatic carbocycles. The van der Waals surface area contributed by atoms with E-state index in [9.17, 15) is 0 Å². The van der Waals surface area contributed by atoms with Gasteiger partial charge in [-0.25, -0.2) is 0 Å². The number of hydrogen-bond acceptors (Lipinski definition) is 1. The molecule has 0 aliphatic carbocycles. The quantitative estimate of drug-likeness (QED) is 0.474. The van der Waals surface area contributed by atoms with Crippen molar-refractivity contribution >= 4 is 0 Å². The Morgan fingerprint density at radius 1 is 1.00 bits per heavy atom. The maximum absolute atomic E-state index is 2.62. The largest absolute Gasteiger partial charge is 0.303 e. The number of hydrogen-bond donors (Lipinski definition) is 0. The van der Waals surface area contributed by atoms with Crippen molar-refractivity contribution in [2.75, 3.05) is 19.6 Å². The van der Waals surface area contributed by atoms with Gasteiger partial charge in [-0.3, -0.25) is 0 Å². The van der Waals surface area contributed by atoms with E-state index in [2.05, 4.69) is 4.90 Å². The summed E-state index contributed by atoms with van der Waals surface area (Å²) in [6.45, 7) is 4.20. The van der Waals surface area contributed by atoms with E-state index in [-0.39, 0.29) is 0 Å². The number of rotatable bonds is 0. The Balaban J connectivity index is 1.99. The van der Waals surface area contributed by atoms with Gasteiger partial charge in [0.15, 0.2) is 0 Å². The molecular formula is C8H15N. The van der Waals surface area contributed by atoms with E-state index < -0.39 is 0 Å². The molecular weight excluding hydrogens is 110 g/mol. The number of fused-ring (bicyclic) bond motifs is 2. The summed E-state index contributed by atoms with van der Waals surface area (Å²) in [5.74, 6) is 1.08. The lowest BCUT2D eigenvalue weighted by Crippen LogP contribution is -2.19. The molecule has 0 aromatic rings. The Morgan fingerprint density at radius 3 is 3.00 bits per heavy atom. The molecule has 0 aromatic heterocycles. The van der Waals surface area contributed by atoms with E-state index in [0.717, 1.165) is 5.92 Å². The molecule has 2 unspecified atom stereocenters. The normalized spacial score (nSPS) is 42.7. The first-order chi connectivity index (χ1) is 4.45. The fourth-order valence-electron chi connectivity index (χ4n) is 2.12. The second-order valence-corrected chi connectivity index (χ2v) is 3.45. The molecule has 2 heterocycles. The van der Waals surface area contributed by atoms with Gasteiger partial charge < -0.3 is 4.90 Å². The van der Waals surface area contributed by atoms with Crippen LogP contribution >= 0.6 is 0 Å². The summed E-state index contributed by atoms with van der Waals surface area (Å²) < 4.78 is 0. The van der Waals surface area contributed by atoms with Crippen LogP contribution < -0.4 is 0 Å². The highest BCUT2D eigenvalue weighted by Gasteiger charge is 2.23. The Kier molecular flexibility index (Phi) is 1.46. The highest BCUT2D eigenvalue weighted by molar-refractivity contribution is 4.78. The van der Waals surface area contributed by atoms with Gasteiger partial charge in [0.25, 0.3) is 0 Å². The SMILES string of the molecule is C1CCN2CCC(C1)C2. The summed E-state index contributed by atoms with van der Waals surface area (Å²) in [4.78, 5) is 2.62. The average Bonchev–Trinajstić information content (AvgIpc) is 2.09. The van der Waals surface area contributed by atoms with E-state index in [4.69, 9.17) is 0 Å². The Hall–Kier alpha value is -0.0400. The van der Waals surface area contributed by atoms with Gasteiger partial charge in [0.1, 0.15) is 0 Å². The first-order valence-electron chi connectivity index (χ1n) is 4.17. The van der Waals surface area contributed by atoms with E-state index >= 15 is 0 Å². The maximum atomic E-state index is 2.62. The number of nitrogens with zero attached hydrogens (tertiary/aromatic N) is 1. The molecule has 2 fully saturated rings. The predicted octanol–water partition coefficient (Wildman–Crippen LogP) is 1.49. The highest BCUT2D eigenvalue weighted by Crippen LogP contribution is 2.25. The molecule has 2 atom stereocenters. The zero-order valence-electron chi connectivity index (χ0n) is 5.97. The van der Waals surface area contributed by atoms with Crippen LogP contribution in [0, 0.1) is 5.92 Å². The standard InChI is InChI=1S/C8H15N/c1-2-5-9-6-4-8(3-1)7-9/h8H,1-7H2. The molecule has 52 valence electrons. The highest BCUT2D eigenvalue weighted by atomic mass is 15.1. The summed E-state index contributed by atoms with van der Waals surface area (Å²) in [6.07, 6.45) is 5.94. The topological polar surface area (TPSA) is 3.24 Å². The first kappa shape index (κ1) is 5.72. The first-order valence-corrected chi connectivity index (χ1v) is 4.17. The molecule has 0 spiro atoms. The lowest BCUT2D eigenvalue weighted by Gasteiger charge is -2.11. The van der Waals surface area contributed by atoms with Gasteiger partial charge in [-0.2, -0.15) is 0 Å². The minimum Gasteiger partial charge on any atom is -0.303 e. The van der Waals surface area contributed by atoms with Crippen molar-refractivity contribution in [3.63, 3.8) is 0 Å². The summed E-state index contributed by atoms with van der Waals surface area (Å²) in [5, 5.41) is 0. The molecule has 2 aliphatic rings. The lowest BCUT2D eigenvalue weighted by molar-refractivity contribution is 0.338. The molecule has 1 nitrogen and oxygen atoms in total. The van der Waals surface area contributed by atoms with Crippen molar-refractivity contribution in [3.8, 4) is 0 Å². The second-order valence-electron chi connectivity index (χ2n) is 3.45. The van der Waals surface area contributed by atoms with E-state index in [0.29, 0.717) is 0 Å². The van der Waals surface area contributed by atoms with Gasteiger partial charge in [0.05, 0.1) is 0 Å². The zero-order chi connectivity index (χ0) is 6.10. The van der Waals surface area contributed by atoms with E-state index in [1.807, 2.05) is 0 Å². The molecule has 9 heavy (non-hydrogen) atoms. The van der Waals surface area contributed by atoms with Crippen LogP contribution in [0.15, 0.2) is 0 Å². The Labute approximate surface area is 57.0 Å². The van der Waals surface area contributed by atoms with Crippen molar-refractivity contribution < 1.29 is 0 Å². The van der Waals surface area contributed by atoms with E-state index in [1.54, 1.807) is 0 Å². The smallest absolute Gasteiger partial charge is 0.00101 e. The molecule has 2 rings (SSSR count). The minimum atomic E-state index is 1.08. The zero-order valence-corrected chi connectivity index (χ0v) is 5.97. The van der Waals surface area contributed by atoms with Crippen molar-refractivity contribution in [1.82, 2.24) is 4.90 Å². The van der Waals surface area contributed by atoms with Crippen LogP contribution in [-0.2, 0) is 0 Å². The van der Waals surface area contributed by atoms with Crippen LogP contribution in [0.5, 0.6) is 0 Å². The molecule has 2 bridgehead atoms. The summed E-state index contributed by atoms with van der Waals surface area (Å²) in [7, 11) is 0. The summed E-state index contributed by atoms with van der Waals surface area (Å²) in [5.41, 5.74) is 0. The fourth-order valence-corrected chi connectivity index (χ4v) is 2.12. The van der Waals surface area contributed by atoms with Gasteiger partial charge in [-0.05, 0) is 38.3 Å². The monoisotopic (exact) mass is 125 g/mol. The van der Waals surface area contributed by atoms with Gasteiger partial charge >= 0.3 is 0 Å². The molecule has 0 radical (unpaired) electrons. The van der Waals surface area contributed by atoms with Crippen molar-refractivity contribution in [2.24, 2.45) is 5.92 Å². The predicted molar refractivity (Wildman–Crippen MR) is 38.4 cm³/mol. The molecule has 1 heteroatoms. The third-order valence-electron chi connectivity index (χ3n) is 2.71. The van der Waals surface area contributed by atoms with Crippen molar-refractivity contribution in [2.45, 2.75) is 25.7 Å². The van der Waals surface area contributed by atoms with Crippen LogP contribution in [-0.4, -0.2) is 24.5 Å². The molecule has 2 aliphatic heterocycles. The summed E-state index contributed by atoms with van der Waals surface area (Å²) in [6, 6.07) is 0. The van der Waals surface area contributed by atoms with Gasteiger partial charge in [-0.1, -0.05) is 6.42 Å².